The second kappa shape index (κ2) is 6.45. The number of pyridine rings is 1. The normalized spacial score (nSPS) is 10.5. The van der Waals surface area contributed by atoms with Gasteiger partial charge < -0.3 is 14.6 Å². The number of benzene rings is 1. The summed E-state index contributed by atoms with van der Waals surface area (Å²) in [6.07, 6.45) is 1.53. The van der Waals surface area contributed by atoms with E-state index in [0.29, 0.717) is 17.1 Å². The van der Waals surface area contributed by atoms with Gasteiger partial charge in [-0.15, -0.1) is 0 Å². The van der Waals surface area contributed by atoms with Gasteiger partial charge >= 0.3 is 0 Å². The Bertz CT molecular complexity index is 877. The average Bonchev–Trinajstić information content (AvgIpc) is 3.06. The quantitative estimate of drug-likeness (QED) is 0.792. The van der Waals surface area contributed by atoms with E-state index in [1.54, 1.807) is 12.1 Å². The molecule has 0 atom stereocenters. The molecule has 0 unspecified atom stereocenters. The van der Waals surface area contributed by atoms with E-state index < -0.39 is 5.82 Å². The molecule has 1 amide bonds. The third-order valence-corrected chi connectivity index (χ3v) is 3.15. The molecule has 2 heterocycles. The Hall–Kier alpha value is -3.29. The number of aromatic nitrogens is 3. The van der Waals surface area contributed by atoms with Gasteiger partial charge in [-0.2, -0.15) is 4.98 Å². The van der Waals surface area contributed by atoms with Gasteiger partial charge in [0.15, 0.2) is 0 Å². The van der Waals surface area contributed by atoms with Crippen LogP contribution in [0.2, 0.25) is 0 Å². The van der Waals surface area contributed by atoms with E-state index in [1.807, 2.05) is 0 Å². The number of rotatable bonds is 4. The molecule has 0 saturated heterocycles. The van der Waals surface area contributed by atoms with Crippen molar-refractivity contribution in [1.29, 1.82) is 0 Å². The van der Waals surface area contributed by atoms with Crippen LogP contribution in [-0.4, -0.2) is 28.1 Å². The summed E-state index contributed by atoms with van der Waals surface area (Å²) in [5, 5.41) is 6.40. The Labute approximate surface area is 136 Å². The number of carbonyl (C=O) groups excluding carboxylic acids is 1. The first-order chi connectivity index (χ1) is 11.6. The Kier molecular flexibility index (Phi) is 4.19. The molecule has 0 radical (unpaired) electrons. The van der Waals surface area contributed by atoms with Crippen molar-refractivity contribution in [2.45, 2.75) is 6.92 Å². The van der Waals surface area contributed by atoms with Gasteiger partial charge in [-0.1, -0.05) is 5.16 Å². The summed E-state index contributed by atoms with van der Waals surface area (Å²) in [6, 6.07) is 7.47. The Morgan fingerprint density at radius 1 is 1.29 bits per heavy atom. The van der Waals surface area contributed by atoms with Crippen LogP contribution in [0.3, 0.4) is 0 Å². The summed E-state index contributed by atoms with van der Waals surface area (Å²) in [5.74, 6) is -0.0678. The van der Waals surface area contributed by atoms with Crippen molar-refractivity contribution in [3.63, 3.8) is 0 Å². The number of nitrogens with zero attached hydrogens (tertiary/aromatic N) is 3. The predicted molar refractivity (Wildman–Crippen MR) is 83.8 cm³/mol. The lowest BCUT2D eigenvalue weighted by Gasteiger charge is -2.04. The van der Waals surface area contributed by atoms with Gasteiger partial charge in [-0.05, 0) is 24.3 Å². The zero-order chi connectivity index (χ0) is 17.1. The minimum Gasteiger partial charge on any atom is -0.481 e. The number of amides is 1. The monoisotopic (exact) mass is 328 g/mol. The van der Waals surface area contributed by atoms with Crippen LogP contribution in [0.4, 0.5) is 10.1 Å². The molecule has 2 aromatic heterocycles. The standard InChI is InChI=1S/C16H13FN4O3/c1-9(22)19-11-4-5-13(17)12(7-11)16-20-15(21-24-16)10-3-6-14(23-2)18-8-10/h3-8H,1-2H3,(H,19,22). The highest BCUT2D eigenvalue weighted by molar-refractivity contribution is 5.89. The lowest BCUT2D eigenvalue weighted by molar-refractivity contribution is -0.114. The van der Waals surface area contributed by atoms with Gasteiger partial charge in [0.2, 0.25) is 17.6 Å². The van der Waals surface area contributed by atoms with E-state index in [1.165, 1.54) is 38.4 Å². The fourth-order valence-electron chi connectivity index (χ4n) is 2.05. The van der Waals surface area contributed by atoms with Crippen LogP contribution >= 0.6 is 0 Å². The molecule has 0 bridgehead atoms. The number of anilines is 1. The topological polar surface area (TPSA) is 90.1 Å². The van der Waals surface area contributed by atoms with Crippen molar-refractivity contribution in [2.75, 3.05) is 12.4 Å². The number of hydrogen-bond donors (Lipinski definition) is 1. The molecule has 0 spiro atoms. The predicted octanol–water partition coefficient (Wildman–Crippen LogP) is 2.90. The molecule has 0 fully saturated rings. The summed E-state index contributed by atoms with van der Waals surface area (Å²) in [7, 11) is 1.51. The molecule has 0 aliphatic carbocycles. The lowest BCUT2D eigenvalue weighted by atomic mass is 10.2. The molecule has 3 aromatic rings. The van der Waals surface area contributed by atoms with E-state index in [0.717, 1.165) is 0 Å². The Balaban J connectivity index is 1.93. The van der Waals surface area contributed by atoms with Crippen LogP contribution in [0.25, 0.3) is 22.8 Å². The zero-order valence-corrected chi connectivity index (χ0v) is 12.9. The van der Waals surface area contributed by atoms with Crippen molar-refractivity contribution in [3.8, 4) is 28.7 Å². The van der Waals surface area contributed by atoms with E-state index in [4.69, 9.17) is 9.26 Å². The summed E-state index contributed by atoms with van der Waals surface area (Å²) >= 11 is 0. The fraction of sp³-hybridized carbons (Fsp3) is 0.125. The molecular formula is C16H13FN4O3. The van der Waals surface area contributed by atoms with Crippen LogP contribution in [0.15, 0.2) is 41.1 Å². The van der Waals surface area contributed by atoms with Gasteiger partial charge in [-0.3, -0.25) is 4.79 Å². The Morgan fingerprint density at radius 3 is 2.79 bits per heavy atom. The number of ether oxygens (including phenoxy) is 1. The van der Waals surface area contributed by atoms with Crippen molar-refractivity contribution in [1.82, 2.24) is 15.1 Å². The van der Waals surface area contributed by atoms with Crippen molar-refractivity contribution in [3.05, 3.63) is 42.3 Å². The van der Waals surface area contributed by atoms with Gasteiger partial charge in [0, 0.05) is 30.4 Å². The lowest BCUT2D eigenvalue weighted by Crippen LogP contribution is -2.05. The molecule has 122 valence electrons. The van der Waals surface area contributed by atoms with Crippen LogP contribution in [0.1, 0.15) is 6.92 Å². The highest BCUT2D eigenvalue weighted by Crippen LogP contribution is 2.27. The number of methoxy groups -OCH3 is 1. The summed E-state index contributed by atoms with van der Waals surface area (Å²) in [6.45, 7) is 1.37. The first kappa shape index (κ1) is 15.6. The van der Waals surface area contributed by atoms with Gasteiger partial charge in [-0.25, -0.2) is 9.37 Å². The van der Waals surface area contributed by atoms with Gasteiger partial charge in [0.1, 0.15) is 5.82 Å². The number of carbonyl (C=O) groups is 1. The minimum absolute atomic E-state index is 0.00511. The molecule has 1 N–H and O–H groups in total. The first-order valence-electron chi connectivity index (χ1n) is 6.98. The van der Waals surface area contributed by atoms with Crippen LogP contribution in [-0.2, 0) is 4.79 Å². The van der Waals surface area contributed by atoms with E-state index in [2.05, 4.69) is 20.4 Å². The van der Waals surface area contributed by atoms with Crippen LogP contribution < -0.4 is 10.1 Å². The van der Waals surface area contributed by atoms with Gasteiger partial charge in [0.25, 0.3) is 5.89 Å². The van der Waals surface area contributed by atoms with Crippen molar-refractivity contribution in [2.24, 2.45) is 0 Å². The van der Waals surface area contributed by atoms with Crippen LogP contribution in [0.5, 0.6) is 5.88 Å². The largest absolute Gasteiger partial charge is 0.481 e. The van der Waals surface area contributed by atoms with E-state index >= 15 is 0 Å². The van der Waals surface area contributed by atoms with Crippen molar-refractivity contribution < 1.29 is 18.4 Å². The molecule has 1 aromatic carbocycles. The first-order valence-corrected chi connectivity index (χ1v) is 6.98. The molecule has 7 nitrogen and oxygen atoms in total. The maximum absolute atomic E-state index is 14.0. The molecule has 8 heteroatoms. The minimum atomic E-state index is -0.535. The molecule has 24 heavy (non-hydrogen) atoms. The third-order valence-electron chi connectivity index (χ3n) is 3.15. The SMILES string of the molecule is COc1ccc(-c2noc(-c3cc(NC(C)=O)ccc3F)n2)cn1. The average molecular weight is 328 g/mol. The summed E-state index contributed by atoms with van der Waals surface area (Å²) in [4.78, 5) is 19.3. The molecule has 0 saturated carbocycles. The molecular weight excluding hydrogens is 315 g/mol. The maximum atomic E-state index is 14.0. The molecule has 3 rings (SSSR count). The number of nitrogens with one attached hydrogen (secondary N) is 1. The van der Waals surface area contributed by atoms with E-state index in [9.17, 15) is 9.18 Å². The zero-order valence-electron chi connectivity index (χ0n) is 12.9. The Morgan fingerprint density at radius 2 is 2.12 bits per heavy atom. The highest BCUT2D eigenvalue weighted by atomic mass is 19.1. The second-order valence-corrected chi connectivity index (χ2v) is 4.89. The summed E-state index contributed by atoms with van der Waals surface area (Å²) in [5.41, 5.74) is 1.13. The second-order valence-electron chi connectivity index (χ2n) is 4.89. The maximum Gasteiger partial charge on any atom is 0.261 e. The van der Waals surface area contributed by atoms with Crippen LogP contribution in [0, 0.1) is 5.82 Å². The molecule has 0 aliphatic rings. The van der Waals surface area contributed by atoms with Crippen molar-refractivity contribution >= 4 is 11.6 Å². The summed E-state index contributed by atoms with van der Waals surface area (Å²) < 4.78 is 24.1. The highest BCUT2D eigenvalue weighted by Gasteiger charge is 2.15. The van der Waals surface area contributed by atoms with Gasteiger partial charge in [0.05, 0.1) is 12.7 Å². The fourth-order valence-corrected chi connectivity index (χ4v) is 2.05. The third kappa shape index (κ3) is 3.22. The molecule has 0 aliphatic heterocycles. The number of halogens is 1. The van der Waals surface area contributed by atoms with E-state index in [-0.39, 0.29) is 23.2 Å². The number of hydrogen-bond acceptors (Lipinski definition) is 6. The smallest absolute Gasteiger partial charge is 0.261 e.